The summed E-state index contributed by atoms with van der Waals surface area (Å²) >= 11 is 3.47. The topological polar surface area (TPSA) is 124 Å². The molecule has 2 aliphatic rings. The first-order valence-electron chi connectivity index (χ1n) is 10.1. The number of pyridine rings is 1. The van der Waals surface area contributed by atoms with Gasteiger partial charge in [-0.2, -0.15) is 0 Å². The van der Waals surface area contributed by atoms with Crippen molar-refractivity contribution in [2.75, 3.05) is 12.3 Å². The highest BCUT2D eigenvalue weighted by atomic mass is 79.9. The average Bonchev–Trinajstić information content (AvgIpc) is 3.53. The van der Waals surface area contributed by atoms with Gasteiger partial charge in [0.05, 0.1) is 36.4 Å². The summed E-state index contributed by atoms with van der Waals surface area (Å²) in [6, 6.07) is 5.54. The van der Waals surface area contributed by atoms with Crippen molar-refractivity contribution in [3.05, 3.63) is 53.3 Å². The molecular formula is C21H21BrN6O3. The summed E-state index contributed by atoms with van der Waals surface area (Å²) in [6.45, 7) is 0.381. The van der Waals surface area contributed by atoms with Crippen molar-refractivity contribution in [3.63, 3.8) is 0 Å². The maximum atomic E-state index is 11.1. The van der Waals surface area contributed by atoms with Gasteiger partial charge in [0.1, 0.15) is 34.1 Å². The smallest absolute Gasteiger partial charge is 0.145 e. The number of halogens is 1. The molecule has 9 nitrogen and oxygen atoms in total. The van der Waals surface area contributed by atoms with Crippen molar-refractivity contribution in [3.8, 4) is 0 Å². The summed E-state index contributed by atoms with van der Waals surface area (Å²) in [5, 5.41) is 22.8. The van der Waals surface area contributed by atoms with E-state index in [1.807, 2.05) is 39.6 Å². The number of rotatable bonds is 2. The van der Waals surface area contributed by atoms with Gasteiger partial charge >= 0.3 is 0 Å². The predicted molar refractivity (Wildman–Crippen MR) is 116 cm³/mol. The van der Waals surface area contributed by atoms with Crippen LogP contribution in [0.4, 0.5) is 5.82 Å². The molecule has 0 radical (unpaired) electrons. The van der Waals surface area contributed by atoms with E-state index in [4.69, 9.17) is 10.5 Å². The second kappa shape index (κ2) is 6.73. The number of nitrogen functional groups attached to an aromatic ring is 1. The molecule has 1 spiro atoms. The highest BCUT2D eigenvalue weighted by Gasteiger charge is 2.57. The number of hydrogen-bond acceptors (Lipinski definition) is 7. The van der Waals surface area contributed by atoms with Crippen molar-refractivity contribution in [2.24, 2.45) is 5.41 Å². The zero-order valence-corrected chi connectivity index (χ0v) is 18.1. The largest absolute Gasteiger partial charge is 0.390 e. The molecule has 2 fully saturated rings. The van der Waals surface area contributed by atoms with Gasteiger partial charge in [0.25, 0.3) is 0 Å². The zero-order valence-electron chi connectivity index (χ0n) is 16.5. The third-order valence-corrected chi connectivity index (χ3v) is 7.47. The second-order valence-corrected chi connectivity index (χ2v) is 9.37. The number of nitrogens with two attached hydrogens (primary N) is 1. The highest BCUT2D eigenvalue weighted by molar-refractivity contribution is 9.10. The lowest BCUT2D eigenvalue weighted by Gasteiger charge is -2.26. The molecule has 6 rings (SSSR count). The highest BCUT2D eigenvalue weighted by Crippen LogP contribution is 2.54. The van der Waals surface area contributed by atoms with Crippen LogP contribution in [-0.2, 0) is 4.74 Å². The SMILES string of the molecule is Nc1ncnc2c1ccn2C1CC2(COC(c3ccn4c(Br)cnc4c3)C2)C(O)C1O. The Morgan fingerprint density at radius 3 is 2.90 bits per heavy atom. The minimum absolute atomic E-state index is 0.166. The van der Waals surface area contributed by atoms with Crippen molar-refractivity contribution < 1.29 is 14.9 Å². The quantitative estimate of drug-likeness (QED) is 0.398. The maximum absolute atomic E-state index is 11.1. The van der Waals surface area contributed by atoms with E-state index in [1.165, 1.54) is 6.33 Å². The van der Waals surface area contributed by atoms with Gasteiger partial charge in [-0.25, -0.2) is 15.0 Å². The molecule has 1 aliphatic heterocycles. The number of fused-ring (bicyclic) bond motifs is 2. The molecule has 1 saturated carbocycles. The minimum Gasteiger partial charge on any atom is -0.390 e. The number of hydrogen-bond donors (Lipinski definition) is 3. The number of anilines is 1. The molecule has 1 aliphatic carbocycles. The number of aromatic nitrogens is 5. The van der Waals surface area contributed by atoms with Crippen LogP contribution in [0.3, 0.4) is 0 Å². The van der Waals surface area contributed by atoms with Gasteiger partial charge in [-0.05, 0) is 52.5 Å². The molecule has 1 saturated heterocycles. The maximum Gasteiger partial charge on any atom is 0.145 e. The van der Waals surface area contributed by atoms with Crippen LogP contribution in [0.1, 0.15) is 30.6 Å². The van der Waals surface area contributed by atoms with Gasteiger partial charge in [0.2, 0.25) is 0 Å². The van der Waals surface area contributed by atoms with E-state index in [1.54, 1.807) is 6.20 Å². The normalized spacial score (nSPS) is 30.8. The van der Waals surface area contributed by atoms with Crippen LogP contribution in [0.25, 0.3) is 16.7 Å². The first kappa shape index (κ1) is 19.2. The van der Waals surface area contributed by atoms with E-state index in [9.17, 15) is 10.2 Å². The summed E-state index contributed by atoms with van der Waals surface area (Å²) in [7, 11) is 0. The minimum atomic E-state index is -0.931. The van der Waals surface area contributed by atoms with E-state index in [0.717, 1.165) is 21.2 Å². The fourth-order valence-corrected chi connectivity index (χ4v) is 5.64. The predicted octanol–water partition coefficient (Wildman–Crippen LogP) is 2.24. The molecule has 10 heteroatoms. The standard InChI is InChI=1S/C21H21BrN6O3/c22-15-8-24-16-5-11(1-3-28(15)16)14-7-21(9-31-14)6-13(17(29)18(21)30)27-4-2-12-19(23)25-10-26-20(12)27/h1-5,8,10,13-14,17-18,29-30H,6-7,9H2,(H2,23,25,26). The molecule has 0 aromatic carbocycles. The van der Waals surface area contributed by atoms with Crippen LogP contribution < -0.4 is 5.73 Å². The van der Waals surface area contributed by atoms with Gasteiger partial charge in [-0.15, -0.1) is 0 Å². The lowest BCUT2D eigenvalue weighted by molar-refractivity contribution is -0.0309. The van der Waals surface area contributed by atoms with Gasteiger partial charge in [-0.1, -0.05) is 0 Å². The fraction of sp³-hybridized carbons (Fsp3) is 0.381. The molecule has 0 amide bonds. The molecular weight excluding hydrogens is 464 g/mol. The summed E-state index contributed by atoms with van der Waals surface area (Å²) in [5.41, 5.74) is 7.93. The Morgan fingerprint density at radius 2 is 2.03 bits per heavy atom. The fourth-order valence-electron chi connectivity index (χ4n) is 5.23. The Labute approximate surface area is 185 Å². The van der Waals surface area contributed by atoms with Crippen LogP contribution in [0, 0.1) is 5.41 Å². The molecule has 5 atom stereocenters. The summed E-state index contributed by atoms with van der Waals surface area (Å²) < 4.78 is 10.9. The Balaban J connectivity index is 1.31. The van der Waals surface area contributed by atoms with Crippen molar-refractivity contribution in [2.45, 2.75) is 37.2 Å². The van der Waals surface area contributed by atoms with Crippen LogP contribution in [-0.4, -0.2) is 52.9 Å². The molecule has 5 unspecified atom stereocenters. The van der Waals surface area contributed by atoms with E-state index < -0.39 is 17.6 Å². The Bertz CT molecular complexity index is 1310. The molecule has 0 bridgehead atoms. The van der Waals surface area contributed by atoms with Crippen LogP contribution in [0.15, 0.2) is 47.7 Å². The molecule has 5 heterocycles. The molecule has 160 valence electrons. The lowest BCUT2D eigenvalue weighted by Crippen LogP contribution is -2.37. The van der Waals surface area contributed by atoms with Crippen LogP contribution in [0.2, 0.25) is 0 Å². The number of ether oxygens (including phenoxy) is 1. The summed E-state index contributed by atoms with van der Waals surface area (Å²) in [4.78, 5) is 12.8. The third-order valence-electron chi connectivity index (χ3n) is 6.89. The Morgan fingerprint density at radius 1 is 1.16 bits per heavy atom. The average molecular weight is 485 g/mol. The number of aliphatic hydroxyl groups excluding tert-OH is 2. The molecule has 4 N–H and O–H groups in total. The Hall–Kier alpha value is -2.53. The van der Waals surface area contributed by atoms with Crippen molar-refractivity contribution in [1.82, 2.24) is 23.9 Å². The number of imidazole rings is 1. The van der Waals surface area contributed by atoms with Crippen molar-refractivity contribution >= 4 is 38.4 Å². The lowest BCUT2D eigenvalue weighted by atomic mass is 9.80. The van der Waals surface area contributed by atoms with E-state index in [0.29, 0.717) is 30.9 Å². The van der Waals surface area contributed by atoms with Crippen molar-refractivity contribution in [1.29, 1.82) is 0 Å². The second-order valence-electron chi connectivity index (χ2n) is 8.56. The Kier molecular flexibility index (Phi) is 4.16. The van der Waals surface area contributed by atoms with Crippen LogP contribution >= 0.6 is 15.9 Å². The van der Waals surface area contributed by atoms with Gasteiger partial charge in [-0.3, -0.25) is 4.40 Å². The summed E-state index contributed by atoms with van der Waals surface area (Å²) in [6.07, 6.45) is 6.19. The first-order chi connectivity index (χ1) is 15.0. The zero-order chi connectivity index (χ0) is 21.3. The van der Waals surface area contributed by atoms with Crippen LogP contribution in [0.5, 0.6) is 0 Å². The first-order valence-corrected chi connectivity index (χ1v) is 10.9. The monoisotopic (exact) mass is 484 g/mol. The molecule has 4 aromatic rings. The van der Waals surface area contributed by atoms with Gasteiger partial charge < -0.3 is 25.3 Å². The van der Waals surface area contributed by atoms with E-state index in [2.05, 4.69) is 30.9 Å². The van der Waals surface area contributed by atoms with E-state index in [-0.39, 0.29) is 12.1 Å². The molecule has 4 aromatic heterocycles. The van der Waals surface area contributed by atoms with E-state index >= 15 is 0 Å². The van der Waals surface area contributed by atoms with Gasteiger partial charge in [0.15, 0.2) is 0 Å². The number of nitrogens with zero attached hydrogens (tertiary/aromatic N) is 5. The molecule has 31 heavy (non-hydrogen) atoms. The third kappa shape index (κ3) is 2.75. The summed E-state index contributed by atoms with van der Waals surface area (Å²) in [5.74, 6) is 0.400. The number of aliphatic hydroxyl groups is 2. The van der Waals surface area contributed by atoms with Gasteiger partial charge in [0, 0.05) is 17.8 Å².